The lowest BCUT2D eigenvalue weighted by Crippen LogP contribution is -2.12. The lowest BCUT2D eigenvalue weighted by molar-refractivity contribution is 1.10. The van der Waals surface area contributed by atoms with Crippen LogP contribution < -0.4 is 5.73 Å². The number of nitrogens with one attached hydrogen (secondary N) is 1. The maximum atomic E-state index is 7.36. The molecule has 0 radical (unpaired) electrons. The number of aryl methyl sites for hydroxylation is 1. The van der Waals surface area contributed by atoms with E-state index in [1.54, 1.807) is 17.8 Å². The van der Waals surface area contributed by atoms with Gasteiger partial charge >= 0.3 is 0 Å². The lowest BCUT2D eigenvalue weighted by Gasteiger charge is -2.05. The molecule has 0 fully saturated rings. The fourth-order valence-corrected chi connectivity index (χ4v) is 2.30. The van der Waals surface area contributed by atoms with Gasteiger partial charge in [-0.3, -0.25) is 5.41 Å². The zero-order valence-electron chi connectivity index (χ0n) is 9.47. The van der Waals surface area contributed by atoms with Gasteiger partial charge in [0.25, 0.3) is 0 Å². The molecule has 0 saturated heterocycles. The minimum Gasteiger partial charge on any atom is -0.382 e. The van der Waals surface area contributed by atoms with Gasteiger partial charge in [0.05, 0.1) is 0 Å². The summed E-state index contributed by atoms with van der Waals surface area (Å²) in [6.45, 7) is 2.07. The number of rotatable bonds is 3. The molecule has 0 atom stereocenters. The second kappa shape index (κ2) is 5.01. The van der Waals surface area contributed by atoms with Crippen LogP contribution in [0.5, 0.6) is 0 Å². The van der Waals surface area contributed by atoms with Gasteiger partial charge in [0.2, 0.25) is 0 Å². The zero-order valence-corrected chi connectivity index (χ0v) is 10.3. The second-order valence-corrected chi connectivity index (χ2v) is 4.70. The van der Waals surface area contributed by atoms with Crippen LogP contribution in [0.25, 0.3) is 0 Å². The van der Waals surface area contributed by atoms with E-state index < -0.39 is 0 Å². The molecule has 17 heavy (non-hydrogen) atoms. The molecule has 3 N–H and O–H groups in total. The summed E-state index contributed by atoms with van der Waals surface area (Å²) in [6, 6.07) is 13.7. The molecule has 1 heterocycles. The van der Waals surface area contributed by atoms with Gasteiger partial charge < -0.3 is 5.73 Å². The summed E-state index contributed by atoms with van der Waals surface area (Å²) in [5.74, 6) is -0.00256. The van der Waals surface area contributed by atoms with Gasteiger partial charge in [0, 0.05) is 4.90 Å². The molecule has 2 aromatic rings. The number of nitrogens with two attached hydrogens (primary N) is 1. The van der Waals surface area contributed by atoms with Crippen molar-refractivity contribution < 1.29 is 0 Å². The fourth-order valence-electron chi connectivity index (χ4n) is 1.41. The Balaban J connectivity index is 2.28. The highest BCUT2D eigenvalue weighted by atomic mass is 32.2. The smallest absolute Gasteiger partial charge is 0.141 e. The number of amidine groups is 1. The fraction of sp³-hybridized carbons (Fsp3) is 0.0769. The first-order valence-corrected chi connectivity index (χ1v) is 6.03. The van der Waals surface area contributed by atoms with Gasteiger partial charge in [-0.25, -0.2) is 4.98 Å². The summed E-state index contributed by atoms with van der Waals surface area (Å²) < 4.78 is 0. The van der Waals surface area contributed by atoms with Gasteiger partial charge in [-0.05, 0) is 30.7 Å². The van der Waals surface area contributed by atoms with Gasteiger partial charge in [0.15, 0.2) is 0 Å². The lowest BCUT2D eigenvalue weighted by atomic mass is 10.2. The zero-order chi connectivity index (χ0) is 12.3. The minimum absolute atomic E-state index is 0.00256. The summed E-state index contributed by atoms with van der Waals surface area (Å²) in [6.07, 6.45) is 0. The van der Waals surface area contributed by atoms with Crippen LogP contribution in [-0.4, -0.2) is 10.8 Å². The Labute approximate surface area is 105 Å². The molecule has 0 aliphatic rings. The molecule has 3 nitrogen and oxygen atoms in total. The molecule has 0 spiro atoms. The third kappa shape index (κ3) is 2.85. The van der Waals surface area contributed by atoms with Crippen molar-refractivity contribution in [3.8, 4) is 0 Å². The van der Waals surface area contributed by atoms with E-state index in [1.165, 1.54) is 10.5 Å². The Bertz CT molecular complexity index is 552. The molecule has 0 saturated carbocycles. The van der Waals surface area contributed by atoms with E-state index in [-0.39, 0.29) is 5.84 Å². The van der Waals surface area contributed by atoms with Crippen LogP contribution in [0.15, 0.2) is 52.4 Å². The van der Waals surface area contributed by atoms with Crippen molar-refractivity contribution in [2.75, 3.05) is 0 Å². The van der Waals surface area contributed by atoms with Crippen LogP contribution in [0.2, 0.25) is 0 Å². The average molecular weight is 243 g/mol. The number of nitrogens with zero attached hydrogens (tertiary/aromatic N) is 1. The third-order valence-corrected chi connectivity index (χ3v) is 3.42. The monoisotopic (exact) mass is 243 g/mol. The predicted molar refractivity (Wildman–Crippen MR) is 70.6 cm³/mol. The number of aromatic nitrogens is 1. The Morgan fingerprint density at radius 1 is 1.18 bits per heavy atom. The summed E-state index contributed by atoms with van der Waals surface area (Å²) in [4.78, 5) is 5.49. The van der Waals surface area contributed by atoms with Crippen LogP contribution in [0.3, 0.4) is 0 Å². The van der Waals surface area contributed by atoms with Crippen molar-refractivity contribution in [1.82, 2.24) is 4.98 Å². The molecule has 1 aromatic heterocycles. The molecule has 0 bridgehead atoms. The van der Waals surface area contributed by atoms with Crippen molar-refractivity contribution >= 4 is 17.6 Å². The molecule has 2 rings (SSSR count). The molecule has 0 unspecified atom stereocenters. The van der Waals surface area contributed by atoms with Crippen molar-refractivity contribution in [3.63, 3.8) is 0 Å². The molecular weight excluding hydrogens is 230 g/mol. The largest absolute Gasteiger partial charge is 0.382 e. The highest BCUT2D eigenvalue weighted by Gasteiger charge is 2.04. The van der Waals surface area contributed by atoms with Crippen LogP contribution in [0, 0.1) is 12.3 Å². The summed E-state index contributed by atoms with van der Waals surface area (Å²) in [5.41, 5.74) is 7.15. The molecule has 0 aliphatic heterocycles. The SMILES string of the molecule is Cc1ccccc1Sc1cccc(C(=N)N)n1. The van der Waals surface area contributed by atoms with Crippen molar-refractivity contribution in [2.24, 2.45) is 5.73 Å². The molecule has 86 valence electrons. The number of pyridine rings is 1. The Hall–Kier alpha value is -1.81. The van der Waals surface area contributed by atoms with Gasteiger partial charge in [-0.2, -0.15) is 0 Å². The Morgan fingerprint density at radius 2 is 1.94 bits per heavy atom. The molecule has 0 amide bonds. The van der Waals surface area contributed by atoms with Crippen LogP contribution in [0.1, 0.15) is 11.3 Å². The molecule has 4 heteroatoms. The summed E-state index contributed by atoms with van der Waals surface area (Å²) in [5, 5.41) is 8.21. The van der Waals surface area contributed by atoms with Crippen LogP contribution >= 0.6 is 11.8 Å². The quantitative estimate of drug-likeness (QED) is 0.643. The standard InChI is InChI=1S/C13H13N3S/c1-9-5-2-3-7-11(9)17-12-8-4-6-10(16-12)13(14)15/h2-8H,1H3,(H3,14,15). The first-order chi connectivity index (χ1) is 8.16. The van der Waals surface area contributed by atoms with E-state index in [2.05, 4.69) is 24.0 Å². The van der Waals surface area contributed by atoms with E-state index in [9.17, 15) is 0 Å². The number of benzene rings is 1. The van der Waals surface area contributed by atoms with E-state index >= 15 is 0 Å². The molecule has 0 aliphatic carbocycles. The summed E-state index contributed by atoms with van der Waals surface area (Å²) >= 11 is 1.58. The highest BCUT2D eigenvalue weighted by Crippen LogP contribution is 2.28. The van der Waals surface area contributed by atoms with Crippen LogP contribution in [0.4, 0.5) is 0 Å². The number of nitrogen functional groups attached to an aromatic ring is 1. The second-order valence-electron chi connectivity index (χ2n) is 3.64. The van der Waals surface area contributed by atoms with Crippen molar-refractivity contribution in [3.05, 3.63) is 53.7 Å². The van der Waals surface area contributed by atoms with E-state index in [4.69, 9.17) is 11.1 Å². The number of hydrogen-bond donors (Lipinski definition) is 2. The maximum Gasteiger partial charge on any atom is 0.141 e. The van der Waals surface area contributed by atoms with Gasteiger partial charge in [-0.1, -0.05) is 36.0 Å². The van der Waals surface area contributed by atoms with Gasteiger partial charge in [-0.15, -0.1) is 0 Å². The Kier molecular flexibility index (Phi) is 3.44. The molecular formula is C13H13N3S. The highest BCUT2D eigenvalue weighted by molar-refractivity contribution is 7.99. The third-order valence-electron chi connectivity index (χ3n) is 2.31. The minimum atomic E-state index is -0.00256. The summed E-state index contributed by atoms with van der Waals surface area (Å²) in [7, 11) is 0. The van der Waals surface area contributed by atoms with Crippen LogP contribution in [-0.2, 0) is 0 Å². The average Bonchev–Trinajstić information content (AvgIpc) is 2.32. The maximum absolute atomic E-state index is 7.36. The van der Waals surface area contributed by atoms with E-state index in [0.29, 0.717) is 5.69 Å². The van der Waals surface area contributed by atoms with Gasteiger partial charge in [0.1, 0.15) is 16.6 Å². The van der Waals surface area contributed by atoms with E-state index in [0.717, 1.165) is 5.03 Å². The molecule has 1 aromatic carbocycles. The van der Waals surface area contributed by atoms with E-state index in [1.807, 2.05) is 24.3 Å². The topological polar surface area (TPSA) is 62.8 Å². The number of hydrogen-bond acceptors (Lipinski definition) is 3. The first-order valence-electron chi connectivity index (χ1n) is 5.22. The van der Waals surface area contributed by atoms with Crippen molar-refractivity contribution in [1.29, 1.82) is 5.41 Å². The Morgan fingerprint density at radius 3 is 2.65 bits per heavy atom. The van der Waals surface area contributed by atoms with Crippen molar-refractivity contribution in [2.45, 2.75) is 16.8 Å². The first kappa shape index (κ1) is 11.7. The normalized spacial score (nSPS) is 10.2. The predicted octanol–water partition coefficient (Wildman–Crippen LogP) is 2.83.